The average Bonchev–Trinajstić information content (AvgIpc) is 2.42. The fourth-order valence-electron chi connectivity index (χ4n) is 2.45. The first-order chi connectivity index (χ1) is 9.17. The van der Waals surface area contributed by atoms with E-state index < -0.39 is 0 Å². The Labute approximate surface area is 123 Å². The molecule has 19 heavy (non-hydrogen) atoms. The number of rotatable bonds is 4. The molecule has 0 aromatic carbocycles. The van der Waals surface area contributed by atoms with Gasteiger partial charge in [0.05, 0.1) is 0 Å². The number of halogens is 1. The Balaban J connectivity index is 2.20. The van der Waals surface area contributed by atoms with Gasteiger partial charge in [0.1, 0.15) is 22.4 Å². The number of hydrogen-bond donors (Lipinski definition) is 1. The van der Waals surface area contributed by atoms with Crippen LogP contribution in [-0.4, -0.2) is 54.1 Å². The summed E-state index contributed by atoms with van der Waals surface area (Å²) in [6, 6.07) is 0.596. The van der Waals surface area contributed by atoms with Crippen LogP contribution in [0.25, 0.3) is 0 Å². The van der Waals surface area contributed by atoms with Crippen molar-refractivity contribution in [3.8, 4) is 0 Å². The molecule has 1 aliphatic heterocycles. The van der Waals surface area contributed by atoms with Crippen molar-refractivity contribution in [2.24, 2.45) is 0 Å². The molecule has 6 heteroatoms. The van der Waals surface area contributed by atoms with Crippen LogP contribution in [0.2, 0.25) is 0 Å². The highest BCUT2D eigenvalue weighted by atomic mass is 79.9. The van der Waals surface area contributed by atoms with Crippen molar-refractivity contribution < 1.29 is 0 Å². The molecule has 0 saturated carbocycles. The third-order valence-corrected chi connectivity index (χ3v) is 4.39. The SMILES string of the molecule is CCNc1ncnc(N2CCN(C)C(CC)C2)c1Br. The highest BCUT2D eigenvalue weighted by Crippen LogP contribution is 2.30. The van der Waals surface area contributed by atoms with Gasteiger partial charge in [0, 0.05) is 32.2 Å². The summed E-state index contributed by atoms with van der Waals surface area (Å²) in [5, 5.41) is 3.25. The standard InChI is InChI=1S/C13H22BrN5/c1-4-10-8-19(7-6-18(10)3)13-11(14)12(15-5-2)16-9-17-13/h9-10H,4-8H2,1-3H3,(H,15,16,17). The first-order valence-electron chi connectivity index (χ1n) is 6.86. The maximum atomic E-state index is 4.45. The second-order valence-corrected chi connectivity index (χ2v) is 5.67. The van der Waals surface area contributed by atoms with Crippen molar-refractivity contribution in [2.75, 3.05) is 43.4 Å². The van der Waals surface area contributed by atoms with E-state index in [1.165, 1.54) is 0 Å². The quantitative estimate of drug-likeness (QED) is 0.918. The Hall–Kier alpha value is -0.880. The summed E-state index contributed by atoms with van der Waals surface area (Å²) < 4.78 is 0.969. The van der Waals surface area contributed by atoms with Crippen LogP contribution in [0.3, 0.4) is 0 Å². The topological polar surface area (TPSA) is 44.3 Å². The molecular weight excluding hydrogens is 306 g/mol. The lowest BCUT2D eigenvalue weighted by Gasteiger charge is -2.40. The fourth-order valence-corrected chi connectivity index (χ4v) is 3.05. The van der Waals surface area contributed by atoms with Gasteiger partial charge in [-0.1, -0.05) is 6.92 Å². The van der Waals surface area contributed by atoms with Gasteiger partial charge in [-0.2, -0.15) is 0 Å². The van der Waals surface area contributed by atoms with Crippen molar-refractivity contribution in [1.82, 2.24) is 14.9 Å². The number of aromatic nitrogens is 2. The largest absolute Gasteiger partial charge is 0.369 e. The van der Waals surface area contributed by atoms with Gasteiger partial charge in [-0.3, -0.25) is 4.90 Å². The molecule has 1 saturated heterocycles. The maximum Gasteiger partial charge on any atom is 0.148 e. The molecule has 2 rings (SSSR count). The van der Waals surface area contributed by atoms with Gasteiger partial charge in [-0.05, 0) is 36.3 Å². The van der Waals surface area contributed by atoms with E-state index in [0.717, 1.165) is 48.7 Å². The molecule has 1 unspecified atom stereocenters. The predicted octanol–water partition coefficient (Wildman–Crippen LogP) is 2.20. The minimum absolute atomic E-state index is 0.596. The predicted molar refractivity (Wildman–Crippen MR) is 82.8 cm³/mol. The lowest BCUT2D eigenvalue weighted by molar-refractivity contribution is 0.213. The molecule has 0 aliphatic carbocycles. The van der Waals surface area contributed by atoms with E-state index in [9.17, 15) is 0 Å². The van der Waals surface area contributed by atoms with E-state index in [1.54, 1.807) is 6.33 Å². The zero-order valence-corrected chi connectivity index (χ0v) is 13.4. The Bertz CT molecular complexity index is 425. The summed E-state index contributed by atoms with van der Waals surface area (Å²) in [4.78, 5) is 13.5. The second kappa shape index (κ2) is 6.52. The minimum Gasteiger partial charge on any atom is -0.369 e. The lowest BCUT2D eigenvalue weighted by atomic mass is 10.1. The van der Waals surface area contributed by atoms with Gasteiger partial charge in [0.15, 0.2) is 0 Å². The van der Waals surface area contributed by atoms with Crippen molar-refractivity contribution in [3.63, 3.8) is 0 Å². The summed E-state index contributed by atoms with van der Waals surface area (Å²) in [6.07, 6.45) is 2.80. The molecule has 106 valence electrons. The van der Waals surface area contributed by atoms with Crippen LogP contribution in [-0.2, 0) is 0 Å². The summed E-state index contributed by atoms with van der Waals surface area (Å²) >= 11 is 3.63. The molecule has 1 aromatic heterocycles. The van der Waals surface area contributed by atoms with E-state index in [-0.39, 0.29) is 0 Å². The smallest absolute Gasteiger partial charge is 0.148 e. The molecule has 1 fully saturated rings. The summed E-state index contributed by atoms with van der Waals surface area (Å²) in [5.41, 5.74) is 0. The number of anilines is 2. The van der Waals surface area contributed by atoms with Gasteiger partial charge in [-0.15, -0.1) is 0 Å². The van der Waals surface area contributed by atoms with Crippen LogP contribution in [0.15, 0.2) is 10.8 Å². The lowest BCUT2D eigenvalue weighted by Crippen LogP contribution is -2.51. The Kier molecular flexibility index (Phi) is 4.99. The summed E-state index contributed by atoms with van der Waals surface area (Å²) in [7, 11) is 2.20. The summed E-state index contributed by atoms with van der Waals surface area (Å²) in [6.45, 7) is 8.27. The molecule has 0 spiro atoms. The molecule has 1 atom stereocenters. The van der Waals surface area contributed by atoms with Crippen LogP contribution in [0.5, 0.6) is 0 Å². The van der Waals surface area contributed by atoms with Gasteiger partial charge >= 0.3 is 0 Å². The monoisotopic (exact) mass is 327 g/mol. The third kappa shape index (κ3) is 3.17. The van der Waals surface area contributed by atoms with E-state index in [1.807, 2.05) is 0 Å². The molecule has 1 aliphatic rings. The number of nitrogens with zero attached hydrogens (tertiary/aromatic N) is 4. The van der Waals surface area contributed by atoms with Crippen molar-refractivity contribution in [1.29, 1.82) is 0 Å². The van der Waals surface area contributed by atoms with E-state index in [4.69, 9.17) is 0 Å². The molecule has 0 radical (unpaired) electrons. The Morgan fingerprint density at radius 3 is 2.84 bits per heavy atom. The van der Waals surface area contributed by atoms with Gasteiger partial charge in [0.25, 0.3) is 0 Å². The van der Waals surface area contributed by atoms with Crippen molar-refractivity contribution >= 4 is 27.6 Å². The summed E-state index contributed by atoms with van der Waals surface area (Å²) in [5.74, 6) is 1.87. The minimum atomic E-state index is 0.596. The van der Waals surface area contributed by atoms with Crippen LogP contribution in [0.1, 0.15) is 20.3 Å². The fraction of sp³-hybridized carbons (Fsp3) is 0.692. The highest BCUT2D eigenvalue weighted by Gasteiger charge is 2.25. The molecule has 0 amide bonds. The normalized spacial score (nSPS) is 20.6. The van der Waals surface area contributed by atoms with Crippen molar-refractivity contribution in [3.05, 3.63) is 10.8 Å². The first-order valence-corrected chi connectivity index (χ1v) is 7.66. The van der Waals surface area contributed by atoms with Gasteiger partial charge < -0.3 is 10.2 Å². The van der Waals surface area contributed by atoms with Crippen LogP contribution in [0, 0.1) is 0 Å². The Morgan fingerprint density at radius 2 is 2.16 bits per heavy atom. The van der Waals surface area contributed by atoms with Crippen molar-refractivity contribution in [2.45, 2.75) is 26.3 Å². The average molecular weight is 328 g/mol. The first kappa shape index (κ1) is 14.5. The van der Waals surface area contributed by atoms with E-state index in [2.05, 4.69) is 61.9 Å². The highest BCUT2D eigenvalue weighted by molar-refractivity contribution is 9.10. The number of likely N-dealkylation sites (N-methyl/N-ethyl adjacent to an activating group) is 1. The molecule has 0 bridgehead atoms. The number of piperazine rings is 1. The number of hydrogen-bond acceptors (Lipinski definition) is 5. The van der Waals surface area contributed by atoms with Crippen LogP contribution in [0.4, 0.5) is 11.6 Å². The van der Waals surface area contributed by atoms with Gasteiger partial charge in [0.2, 0.25) is 0 Å². The number of nitrogens with one attached hydrogen (secondary N) is 1. The second-order valence-electron chi connectivity index (χ2n) is 4.88. The van der Waals surface area contributed by atoms with E-state index >= 15 is 0 Å². The van der Waals surface area contributed by atoms with Crippen LogP contribution >= 0.6 is 15.9 Å². The van der Waals surface area contributed by atoms with Crippen LogP contribution < -0.4 is 10.2 Å². The molecule has 5 nitrogen and oxygen atoms in total. The molecule has 2 heterocycles. The van der Waals surface area contributed by atoms with E-state index in [0.29, 0.717) is 6.04 Å². The Morgan fingerprint density at radius 1 is 1.37 bits per heavy atom. The zero-order chi connectivity index (χ0) is 13.8. The zero-order valence-electron chi connectivity index (χ0n) is 11.9. The maximum absolute atomic E-state index is 4.45. The molecule has 1 aromatic rings. The third-order valence-electron chi connectivity index (χ3n) is 3.66. The van der Waals surface area contributed by atoms with Gasteiger partial charge in [-0.25, -0.2) is 9.97 Å². The molecular formula is C13H22BrN5. The molecule has 1 N–H and O–H groups in total.